The molecule has 7 N–H and O–H groups in total. The third-order valence-corrected chi connectivity index (χ3v) is 10.8. The Morgan fingerprint density at radius 3 is 1.44 bits per heavy atom. The number of hydrogen-bond donors (Lipinski definition) is 7. The number of rotatable bonds is 16. The zero-order valence-electron chi connectivity index (χ0n) is 31.0. The molecule has 55 heavy (non-hydrogen) atoms. The molecule has 4 saturated heterocycles. The van der Waals surface area contributed by atoms with Crippen LogP contribution in [0.5, 0.6) is 0 Å². The quantitative estimate of drug-likeness (QED) is 0.0562. The number of aliphatic hydroxyl groups excluding tert-OH is 5. The van der Waals surface area contributed by atoms with Crippen molar-refractivity contribution in [3.63, 3.8) is 0 Å². The summed E-state index contributed by atoms with van der Waals surface area (Å²) in [6.07, 6.45) is -24.1. The van der Waals surface area contributed by atoms with Crippen molar-refractivity contribution in [2.75, 3.05) is 41.5 Å². The summed E-state index contributed by atoms with van der Waals surface area (Å²) in [5, 5.41) is 60.9. The summed E-state index contributed by atoms with van der Waals surface area (Å²) in [7, 11) is -5.10. The first-order valence-corrected chi connectivity index (χ1v) is 19.9. The van der Waals surface area contributed by atoms with Crippen molar-refractivity contribution in [2.24, 2.45) is 0 Å². The molecule has 26 heteroatoms. The van der Waals surface area contributed by atoms with Gasteiger partial charge in [-0.2, -0.15) is 0 Å². The fourth-order valence-electron chi connectivity index (χ4n) is 7.20. The van der Waals surface area contributed by atoms with Gasteiger partial charge in [-0.3, -0.25) is 8.37 Å². The Labute approximate surface area is 318 Å². The molecule has 0 aliphatic carbocycles. The lowest BCUT2D eigenvalue weighted by atomic mass is 9.94. The van der Waals surface area contributed by atoms with Crippen LogP contribution in [0.4, 0.5) is 0 Å². The second kappa shape index (κ2) is 19.4. The van der Waals surface area contributed by atoms with Gasteiger partial charge in [0.05, 0.1) is 43.6 Å². The average Bonchev–Trinajstić information content (AvgIpc) is 3.09. The third kappa shape index (κ3) is 11.2. The molecule has 24 nitrogen and oxygen atoms in total. The first kappa shape index (κ1) is 46.8. The number of aliphatic hydroxyl groups is 5. The van der Waals surface area contributed by atoms with Gasteiger partial charge in [0.2, 0.25) is 20.8 Å². The van der Waals surface area contributed by atoms with Crippen molar-refractivity contribution in [2.45, 2.75) is 143 Å². The molecule has 0 spiro atoms. The van der Waals surface area contributed by atoms with Gasteiger partial charge in [0.1, 0.15) is 73.2 Å². The second-order valence-electron chi connectivity index (χ2n) is 13.5. The van der Waals surface area contributed by atoms with Crippen LogP contribution in [0.2, 0.25) is 0 Å². The lowest BCUT2D eigenvalue weighted by Crippen LogP contribution is -2.69. The lowest BCUT2D eigenvalue weighted by Gasteiger charge is -2.50. The van der Waals surface area contributed by atoms with Gasteiger partial charge in [0, 0.05) is 14.2 Å². The summed E-state index contributed by atoms with van der Waals surface area (Å²) < 4.78 is 129. The van der Waals surface area contributed by atoms with Crippen molar-refractivity contribution in [3.05, 3.63) is 0 Å². The first-order chi connectivity index (χ1) is 25.7. The molecular formula is C29H52N2O22S2-2. The molecule has 4 aliphatic heterocycles. The van der Waals surface area contributed by atoms with Crippen LogP contribution in [-0.2, 0) is 71.8 Å². The molecule has 4 rings (SSSR count). The predicted molar refractivity (Wildman–Crippen MR) is 175 cm³/mol. The third-order valence-electron chi connectivity index (χ3n) is 9.99. The van der Waals surface area contributed by atoms with E-state index in [2.05, 4.69) is 19.0 Å². The number of methoxy groups -OCH3 is 2. The smallest absolute Gasteiger partial charge is 0.217 e. The largest absolute Gasteiger partial charge is 0.726 e. The Morgan fingerprint density at radius 1 is 0.527 bits per heavy atom. The van der Waals surface area contributed by atoms with E-state index in [1.54, 1.807) is 13.8 Å². The molecule has 0 bridgehead atoms. The van der Waals surface area contributed by atoms with Crippen LogP contribution in [0.15, 0.2) is 0 Å². The summed E-state index contributed by atoms with van der Waals surface area (Å²) >= 11 is 0. The van der Waals surface area contributed by atoms with Crippen LogP contribution >= 0.6 is 0 Å². The van der Waals surface area contributed by atoms with Gasteiger partial charge in [-0.15, -0.1) is 0 Å². The van der Waals surface area contributed by atoms with Crippen LogP contribution in [0, 0.1) is 0 Å². The van der Waals surface area contributed by atoms with Gasteiger partial charge in [0.15, 0.2) is 18.9 Å². The van der Waals surface area contributed by atoms with Crippen molar-refractivity contribution >= 4 is 20.8 Å². The number of nitrogens with one attached hydrogen (secondary N) is 2. The minimum atomic E-state index is -5.30. The lowest BCUT2D eigenvalue weighted by molar-refractivity contribution is -0.371. The van der Waals surface area contributed by atoms with Crippen LogP contribution < -0.4 is 10.6 Å². The number of hydrogen-bond acceptors (Lipinski definition) is 24. The second-order valence-corrected chi connectivity index (χ2v) is 15.6. The highest BCUT2D eigenvalue weighted by Gasteiger charge is 2.55. The minimum absolute atomic E-state index is 0.511. The monoisotopic (exact) mass is 844 g/mol. The van der Waals surface area contributed by atoms with E-state index in [1.807, 2.05) is 0 Å². The van der Waals surface area contributed by atoms with E-state index in [1.165, 1.54) is 35.2 Å². The van der Waals surface area contributed by atoms with Gasteiger partial charge in [-0.05, 0) is 34.9 Å². The summed E-state index contributed by atoms with van der Waals surface area (Å²) in [4.78, 5) is 0. The van der Waals surface area contributed by atoms with Crippen LogP contribution in [-0.4, -0.2) is 216 Å². The van der Waals surface area contributed by atoms with Gasteiger partial charge >= 0.3 is 0 Å². The molecular weight excluding hydrogens is 792 g/mol. The standard InChI is InChI=1S/C29H54N2O22S2/c1-10-22(43-6)20(35)23(11(2)47-10)51-28-16(31-5)19(34)25(14(50-28)9-46-55(40,41)42)53-29-26(44-7)21(36)24(12(3)48-29)52-27-15(30-4)18(33)17(32)13(49-27)8-45-54(37,38)39/h10-36H,8-9H2,1-7H3,(H,37,38,39)(H,40,41,42)/p-2/t10-,11?,12?,13?,14?,15?,16?,17+,18+,19+,20-,21+,22?,23?,24?,25+,26?,27+,28+,29+/m0/s1. The molecule has 0 saturated carbocycles. The number of ether oxygens (including phenoxy) is 9. The maximum Gasteiger partial charge on any atom is 0.217 e. The molecule has 4 heterocycles. The van der Waals surface area contributed by atoms with E-state index in [0.29, 0.717) is 0 Å². The van der Waals surface area contributed by atoms with Gasteiger partial charge in [-0.25, -0.2) is 16.8 Å². The fraction of sp³-hybridized carbons (Fsp3) is 1.00. The summed E-state index contributed by atoms with van der Waals surface area (Å²) in [5.41, 5.74) is 0. The predicted octanol–water partition coefficient (Wildman–Crippen LogP) is -5.89. The number of likely N-dealkylation sites (N-methyl/N-ethyl adjacent to an activating group) is 2. The van der Waals surface area contributed by atoms with E-state index in [0.717, 1.165) is 0 Å². The van der Waals surface area contributed by atoms with Crippen molar-refractivity contribution in [1.29, 1.82) is 0 Å². The normalized spacial score (nSPS) is 46.1. The molecule has 0 aromatic carbocycles. The van der Waals surface area contributed by atoms with E-state index < -0.39 is 157 Å². The van der Waals surface area contributed by atoms with E-state index in [-0.39, 0.29) is 0 Å². The maximum atomic E-state index is 11.6. The summed E-state index contributed by atoms with van der Waals surface area (Å²) in [6.45, 7) is 2.82. The van der Waals surface area contributed by atoms with Crippen molar-refractivity contribution in [3.8, 4) is 0 Å². The van der Waals surface area contributed by atoms with Gasteiger partial charge < -0.3 is 87.9 Å². The van der Waals surface area contributed by atoms with E-state index >= 15 is 0 Å². The van der Waals surface area contributed by atoms with Crippen molar-refractivity contribution in [1.82, 2.24) is 10.6 Å². The highest BCUT2D eigenvalue weighted by atomic mass is 32.3. The Morgan fingerprint density at radius 2 is 0.945 bits per heavy atom. The topological polar surface area (TPSA) is 341 Å². The SMILES string of the molecule is CNC1[C@@H](OC2C(C)O[C@H](O[C@@H]3C(COS(=O)(=O)[O-])O[C@H](OC4C(C)O[C@@H](C)C(OC)[C@@H]4O)C(NC)[C@H]3O)C(OC)[C@@H]2O)OC(COS(=O)(=O)[O-])[C@@H](O)[C@@H]1O. The minimum Gasteiger partial charge on any atom is -0.726 e. The summed E-state index contributed by atoms with van der Waals surface area (Å²) in [5.74, 6) is 0. The van der Waals surface area contributed by atoms with Crippen LogP contribution in [0.25, 0.3) is 0 Å². The highest BCUT2D eigenvalue weighted by molar-refractivity contribution is 7.81. The molecule has 0 aromatic heterocycles. The first-order valence-electron chi connectivity index (χ1n) is 17.2. The van der Waals surface area contributed by atoms with Crippen LogP contribution in [0.1, 0.15) is 20.8 Å². The van der Waals surface area contributed by atoms with E-state index in [4.69, 9.17) is 42.6 Å². The molecule has 0 aromatic rings. The maximum absolute atomic E-state index is 11.6. The molecule has 4 aliphatic rings. The van der Waals surface area contributed by atoms with Gasteiger partial charge in [-0.1, -0.05) is 0 Å². The summed E-state index contributed by atoms with van der Waals surface area (Å²) in [6, 6.07) is -2.32. The molecule has 4 fully saturated rings. The average molecular weight is 845 g/mol. The van der Waals surface area contributed by atoms with Gasteiger partial charge in [0.25, 0.3) is 0 Å². The van der Waals surface area contributed by atoms with Crippen LogP contribution in [0.3, 0.4) is 0 Å². The zero-order valence-corrected chi connectivity index (χ0v) is 32.6. The molecule has 20 atom stereocenters. The zero-order chi connectivity index (χ0) is 41.2. The van der Waals surface area contributed by atoms with E-state index in [9.17, 15) is 51.5 Å². The molecule has 10 unspecified atom stereocenters. The Bertz CT molecular complexity index is 1430. The van der Waals surface area contributed by atoms with Crippen molar-refractivity contribution < 1.29 is 102 Å². The fourth-order valence-corrected chi connectivity index (χ4v) is 7.81. The Hall–Kier alpha value is -0.900. The Kier molecular flexibility index (Phi) is 16.5. The molecule has 0 amide bonds. The molecule has 324 valence electrons. The molecule has 0 radical (unpaired) electrons. The highest BCUT2D eigenvalue weighted by Crippen LogP contribution is 2.35. The Balaban J connectivity index is 1.54.